The molecule has 80 valence electrons. The third-order valence-corrected chi connectivity index (χ3v) is 2.43. The van der Waals surface area contributed by atoms with Crippen LogP contribution in [0.15, 0.2) is 12.3 Å². The number of hydrogen-bond donors (Lipinski definition) is 1. The van der Waals surface area contributed by atoms with Crippen LogP contribution in [0, 0.1) is 11.3 Å². The standard InChI is InChI=1S/C10H14N4O/c1-10(2,7-15)14(3)9-8(6-11)4-5-12-13-9/h4-5,15H,7H2,1-3H3. The first-order valence-corrected chi connectivity index (χ1v) is 4.59. The maximum atomic E-state index is 9.22. The Labute approximate surface area is 89.0 Å². The van der Waals surface area contributed by atoms with E-state index in [4.69, 9.17) is 5.26 Å². The van der Waals surface area contributed by atoms with Gasteiger partial charge in [0, 0.05) is 7.05 Å². The second-order valence-electron chi connectivity index (χ2n) is 3.91. The number of aromatic nitrogens is 2. The Morgan fingerprint density at radius 1 is 1.60 bits per heavy atom. The van der Waals surface area contributed by atoms with Crippen LogP contribution in [0.3, 0.4) is 0 Å². The Morgan fingerprint density at radius 2 is 2.27 bits per heavy atom. The fourth-order valence-corrected chi connectivity index (χ4v) is 1.05. The van der Waals surface area contributed by atoms with E-state index in [1.807, 2.05) is 19.9 Å². The molecule has 0 aliphatic heterocycles. The molecule has 0 aromatic carbocycles. The van der Waals surface area contributed by atoms with Crippen LogP contribution >= 0.6 is 0 Å². The molecule has 5 heteroatoms. The number of nitrogens with zero attached hydrogens (tertiary/aromatic N) is 4. The molecule has 1 rings (SSSR count). The van der Waals surface area contributed by atoms with E-state index in [9.17, 15) is 5.11 Å². The average Bonchev–Trinajstić information content (AvgIpc) is 2.28. The minimum atomic E-state index is -0.471. The molecule has 1 N–H and O–H groups in total. The van der Waals surface area contributed by atoms with E-state index in [1.54, 1.807) is 18.0 Å². The lowest BCUT2D eigenvalue weighted by molar-refractivity contribution is 0.215. The predicted octanol–water partition coefficient (Wildman–Crippen LogP) is 0.555. The summed E-state index contributed by atoms with van der Waals surface area (Å²) in [4.78, 5) is 1.75. The number of anilines is 1. The van der Waals surface area contributed by atoms with Crippen molar-refractivity contribution >= 4 is 5.82 Å². The maximum absolute atomic E-state index is 9.22. The topological polar surface area (TPSA) is 73.0 Å². The van der Waals surface area contributed by atoms with Crippen molar-refractivity contribution in [2.45, 2.75) is 19.4 Å². The lowest BCUT2D eigenvalue weighted by Gasteiger charge is -2.34. The van der Waals surface area contributed by atoms with Crippen LogP contribution in [0.2, 0.25) is 0 Å². The summed E-state index contributed by atoms with van der Waals surface area (Å²) in [7, 11) is 1.78. The number of nitriles is 1. The number of hydrogen-bond acceptors (Lipinski definition) is 5. The molecule has 1 aromatic heterocycles. The van der Waals surface area contributed by atoms with Gasteiger partial charge in [-0.25, -0.2) is 0 Å². The first-order chi connectivity index (χ1) is 7.03. The van der Waals surface area contributed by atoms with Crippen molar-refractivity contribution in [1.29, 1.82) is 5.26 Å². The second-order valence-corrected chi connectivity index (χ2v) is 3.91. The summed E-state index contributed by atoms with van der Waals surface area (Å²) >= 11 is 0. The van der Waals surface area contributed by atoms with Crippen LogP contribution in [0.25, 0.3) is 0 Å². The van der Waals surface area contributed by atoms with E-state index in [0.29, 0.717) is 11.4 Å². The van der Waals surface area contributed by atoms with Crippen LogP contribution in [0.1, 0.15) is 19.4 Å². The van der Waals surface area contributed by atoms with E-state index in [2.05, 4.69) is 10.2 Å². The number of likely N-dealkylation sites (N-methyl/N-ethyl adjacent to an activating group) is 1. The summed E-state index contributed by atoms with van der Waals surface area (Å²) in [6.45, 7) is 3.70. The summed E-state index contributed by atoms with van der Waals surface area (Å²) in [5.41, 5.74) is -0.0178. The Hall–Kier alpha value is -1.67. The molecule has 0 amide bonds. The van der Waals surface area contributed by atoms with Crippen molar-refractivity contribution in [3.8, 4) is 6.07 Å². The van der Waals surface area contributed by atoms with E-state index in [-0.39, 0.29) is 6.61 Å². The molecule has 1 aromatic rings. The van der Waals surface area contributed by atoms with Crippen LogP contribution in [0.4, 0.5) is 5.82 Å². The van der Waals surface area contributed by atoms with Crippen molar-refractivity contribution in [2.24, 2.45) is 0 Å². The zero-order chi connectivity index (χ0) is 11.5. The van der Waals surface area contributed by atoms with Gasteiger partial charge >= 0.3 is 0 Å². The molecular formula is C10H14N4O. The highest BCUT2D eigenvalue weighted by molar-refractivity contribution is 5.53. The van der Waals surface area contributed by atoms with Crippen LogP contribution in [-0.4, -0.2) is 34.5 Å². The zero-order valence-electron chi connectivity index (χ0n) is 9.10. The predicted molar refractivity (Wildman–Crippen MR) is 56.3 cm³/mol. The molecule has 0 aliphatic rings. The average molecular weight is 206 g/mol. The van der Waals surface area contributed by atoms with Gasteiger partial charge in [-0.15, -0.1) is 5.10 Å². The normalized spacial score (nSPS) is 10.9. The Balaban J connectivity index is 3.12. The molecule has 0 aliphatic carbocycles. The highest BCUT2D eigenvalue weighted by atomic mass is 16.3. The fraction of sp³-hybridized carbons (Fsp3) is 0.500. The molecule has 1 heterocycles. The number of aliphatic hydroxyl groups excluding tert-OH is 1. The van der Waals surface area contributed by atoms with Crippen molar-refractivity contribution < 1.29 is 5.11 Å². The molecule has 0 bridgehead atoms. The first-order valence-electron chi connectivity index (χ1n) is 4.59. The monoisotopic (exact) mass is 206 g/mol. The van der Waals surface area contributed by atoms with Gasteiger partial charge in [0.05, 0.1) is 23.9 Å². The lowest BCUT2D eigenvalue weighted by Crippen LogP contribution is -2.45. The second kappa shape index (κ2) is 4.24. The molecule has 15 heavy (non-hydrogen) atoms. The molecule has 0 spiro atoms. The highest BCUT2D eigenvalue weighted by Gasteiger charge is 2.25. The van der Waals surface area contributed by atoms with Gasteiger partial charge in [-0.05, 0) is 19.9 Å². The third-order valence-electron chi connectivity index (χ3n) is 2.43. The summed E-state index contributed by atoms with van der Waals surface area (Å²) < 4.78 is 0. The fourth-order valence-electron chi connectivity index (χ4n) is 1.05. The van der Waals surface area contributed by atoms with Gasteiger partial charge < -0.3 is 10.0 Å². The Kier molecular flexibility index (Phi) is 3.22. The molecule has 0 atom stereocenters. The van der Waals surface area contributed by atoms with Gasteiger partial charge in [0.25, 0.3) is 0 Å². The Morgan fingerprint density at radius 3 is 2.80 bits per heavy atom. The van der Waals surface area contributed by atoms with Crippen LogP contribution < -0.4 is 4.90 Å². The van der Waals surface area contributed by atoms with E-state index in [0.717, 1.165) is 0 Å². The van der Waals surface area contributed by atoms with Gasteiger partial charge in [0.2, 0.25) is 0 Å². The minimum absolute atomic E-state index is 0.0229. The number of rotatable bonds is 3. The van der Waals surface area contributed by atoms with Crippen molar-refractivity contribution in [3.05, 3.63) is 17.8 Å². The molecule has 0 fully saturated rings. The van der Waals surface area contributed by atoms with E-state index < -0.39 is 5.54 Å². The zero-order valence-corrected chi connectivity index (χ0v) is 9.10. The SMILES string of the molecule is CN(c1nnccc1C#N)C(C)(C)CO. The van der Waals surface area contributed by atoms with E-state index in [1.165, 1.54) is 6.20 Å². The van der Waals surface area contributed by atoms with E-state index >= 15 is 0 Å². The van der Waals surface area contributed by atoms with Crippen molar-refractivity contribution in [1.82, 2.24) is 10.2 Å². The van der Waals surface area contributed by atoms with Crippen molar-refractivity contribution in [3.63, 3.8) is 0 Å². The molecule has 5 nitrogen and oxygen atoms in total. The van der Waals surface area contributed by atoms with Gasteiger partial charge in [0.1, 0.15) is 6.07 Å². The van der Waals surface area contributed by atoms with Gasteiger partial charge in [-0.3, -0.25) is 0 Å². The highest BCUT2D eigenvalue weighted by Crippen LogP contribution is 2.21. The largest absolute Gasteiger partial charge is 0.394 e. The van der Waals surface area contributed by atoms with Crippen LogP contribution in [0.5, 0.6) is 0 Å². The van der Waals surface area contributed by atoms with Crippen LogP contribution in [-0.2, 0) is 0 Å². The van der Waals surface area contributed by atoms with Gasteiger partial charge in [-0.2, -0.15) is 10.4 Å². The van der Waals surface area contributed by atoms with Crippen molar-refractivity contribution in [2.75, 3.05) is 18.6 Å². The maximum Gasteiger partial charge on any atom is 0.169 e. The third kappa shape index (κ3) is 2.22. The quantitative estimate of drug-likeness (QED) is 0.782. The summed E-state index contributed by atoms with van der Waals surface area (Å²) in [6.07, 6.45) is 1.47. The summed E-state index contributed by atoms with van der Waals surface area (Å²) in [5, 5.41) is 25.8. The smallest absolute Gasteiger partial charge is 0.169 e. The molecular weight excluding hydrogens is 192 g/mol. The summed E-state index contributed by atoms with van der Waals surface area (Å²) in [6, 6.07) is 3.65. The Bertz CT molecular complexity index is 383. The number of aliphatic hydroxyl groups is 1. The minimum Gasteiger partial charge on any atom is -0.394 e. The molecule has 0 radical (unpaired) electrons. The molecule has 0 saturated carbocycles. The molecule has 0 unspecified atom stereocenters. The summed E-state index contributed by atoms with van der Waals surface area (Å²) in [5.74, 6) is 0.485. The lowest BCUT2D eigenvalue weighted by atomic mass is 10.0. The van der Waals surface area contributed by atoms with Gasteiger partial charge in [-0.1, -0.05) is 0 Å². The first kappa shape index (κ1) is 11.4. The van der Waals surface area contributed by atoms with Gasteiger partial charge in [0.15, 0.2) is 5.82 Å². The molecule has 0 saturated heterocycles.